The molecule has 1 rings (SSSR count). The molecule has 1 atom stereocenters. The summed E-state index contributed by atoms with van der Waals surface area (Å²) >= 11 is 0. The Morgan fingerprint density at radius 2 is 2.12 bits per heavy atom. The van der Waals surface area contributed by atoms with E-state index in [9.17, 15) is 9.00 Å². The molecule has 0 aliphatic rings. The molecule has 1 unspecified atom stereocenters. The first-order valence-corrected chi connectivity index (χ1v) is 6.59. The molecule has 0 heterocycles. The van der Waals surface area contributed by atoms with Crippen LogP contribution >= 0.6 is 0 Å². The molecule has 5 heteroatoms. The summed E-state index contributed by atoms with van der Waals surface area (Å²) in [7, 11) is -0.834. The highest BCUT2D eigenvalue weighted by Crippen LogP contribution is 2.17. The van der Waals surface area contributed by atoms with Crippen molar-refractivity contribution in [2.75, 3.05) is 18.6 Å². The zero-order valence-corrected chi connectivity index (χ0v) is 9.83. The average molecular weight is 242 g/mol. The van der Waals surface area contributed by atoms with Gasteiger partial charge in [-0.3, -0.25) is 4.21 Å². The summed E-state index contributed by atoms with van der Waals surface area (Å²) in [6.45, 7) is 0.379. The Labute approximate surface area is 96.7 Å². The number of para-hydroxylation sites is 1. The van der Waals surface area contributed by atoms with Crippen LogP contribution < -0.4 is 4.74 Å². The van der Waals surface area contributed by atoms with Gasteiger partial charge in [0.1, 0.15) is 11.3 Å². The number of benzene rings is 1. The molecule has 16 heavy (non-hydrogen) atoms. The Morgan fingerprint density at radius 3 is 2.75 bits per heavy atom. The molecule has 0 fully saturated rings. The summed E-state index contributed by atoms with van der Waals surface area (Å²) in [6, 6.07) is 6.49. The SMILES string of the molecule is CS(=O)CCCOc1ccccc1C(=O)O. The third-order valence-corrected chi connectivity index (χ3v) is 2.81. The molecule has 0 saturated carbocycles. The van der Waals surface area contributed by atoms with Gasteiger partial charge in [0.2, 0.25) is 0 Å². The molecule has 0 radical (unpaired) electrons. The van der Waals surface area contributed by atoms with Gasteiger partial charge in [0.05, 0.1) is 6.61 Å². The molecular weight excluding hydrogens is 228 g/mol. The minimum Gasteiger partial charge on any atom is -0.493 e. The highest BCUT2D eigenvalue weighted by atomic mass is 32.2. The van der Waals surface area contributed by atoms with Crippen molar-refractivity contribution in [3.05, 3.63) is 29.8 Å². The molecule has 1 aromatic carbocycles. The van der Waals surface area contributed by atoms with E-state index < -0.39 is 16.8 Å². The molecule has 0 aromatic heterocycles. The molecule has 0 bridgehead atoms. The van der Waals surface area contributed by atoms with Crippen molar-refractivity contribution in [1.29, 1.82) is 0 Å². The number of carboxylic acid groups (broad SMARTS) is 1. The maximum Gasteiger partial charge on any atom is 0.339 e. The first-order valence-electron chi connectivity index (χ1n) is 4.86. The van der Waals surface area contributed by atoms with Gasteiger partial charge < -0.3 is 9.84 Å². The molecule has 4 nitrogen and oxygen atoms in total. The minimum atomic E-state index is -1.00. The highest BCUT2D eigenvalue weighted by Gasteiger charge is 2.09. The lowest BCUT2D eigenvalue weighted by Gasteiger charge is -2.07. The minimum absolute atomic E-state index is 0.153. The van der Waals surface area contributed by atoms with Crippen LogP contribution in [-0.4, -0.2) is 33.9 Å². The molecule has 1 N–H and O–H groups in total. The number of carboxylic acids is 1. The summed E-state index contributed by atoms with van der Waals surface area (Å²) in [6.07, 6.45) is 2.28. The van der Waals surface area contributed by atoms with Crippen molar-refractivity contribution in [3.63, 3.8) is 0 Å². The number of rotatable bonds is 6. The fourth-order valence-corrected chi connectivity index (χ4v) is 1.74. The second kappa shape index (κ2) is 6.27. The smallest absolute Gasteiger partial charge is 0.339 e. The normalized spacial score (nSPS) is 12.1. The van der Waals surface area contributed by atoms with Gasteiger partial charge in [0, 0.05) is 22.8 Å². The van der Waals surface area contributed by atoms with Crippen LogP contribution in [0.5, 0.6) is 5.75 Å². The predicted molar refractivity (Wildman–Crippen MR) is 62.4 cm³/mol. The number of aromatic carboxylic acids is 1. The maximum absolute atomic E-state index is 10.8. The van der Waals surface area contributed by atoms with Gasteiger partial charge >= 0.3 is 5.97 Å². The fraction of sp³-hybridized carbons (Fsp3) is 0.364. The third-order valence-electron chi connectivity index (χ3n) is 1.95. The average Bonchev–Trinajstić information content (AvgIpc) is 2.24. The van der Waals surface area contributed by atoms with E-state index in [0.717, 1.165) is 0 Å². The van der Waals surface area contributed by atoms with Crippen molar-refractivity contribution in [3.8, 4) is 5.75 Å². The van der Waals surface area contributed by atoms with E-state index in [2.05, 4.69) is 0 Å². The van der Waals surface area contributed by atoms with Gasteiger partial charge in [0.15, 0.2) is 0 Å². The second-order valence-corrected chi connectivity index (χ2v) is 4.84. The standard InChI is InChI=1S/C11H14O4S/c1-16(14)8-4-7-15-10-6-3-2-5-9(10)11(12)13/h2-3,5-6H,4,7-8H2,1H3,(H,12,13). The predicted octanol–water partition coefficient (Wildman–Crippen LogP) is 1.53. The molecular formula is C11H14O4S. The fourth-order valence-electron chi connectivity index (χ4n) is 1.21. The van der Waals surface area contributed by atoms with E-state index in [1.54, 1.807) is 24.5 Å². The number of hydrogen-bond acceptors (Lipinski definition) is 3. The van der Waals surface area contributed by atoms with Crippen LogP contribution in [-0.2, 0) is 10.8 Å². The largest absolute Gasteiger partial charge is 0.493 e. The van der Waals surface area contributed by atoms with Crippen molar-refractivity contribution < 1.29 is 18.8 Å². The second-order valence-electron chi connectivity index (χ2n) is 3.28. The lowest BCUT2D eigenvalue weighted by Crippen LogP contribution is -2.06. The molecule has 88 valence electrons. The van der Waals surface area contributed by atoms with Gasteiger partial charge in [-0.15, -0.1) is 0 Å². The first-order chi connectivity index (χ1) is 7.61. The number of ether oxygens (including phenoxy) is 1. The van der Waals surface area contributed by atoms with Gasteiger partial charge in [-0.25, -0.2) is 4.79 Å². The van der Waals surface area contributed by atoms with E-state index in [-0.39, 0.29) is 5.56 Å². The summed E-state index contributed by atoms with van der Waals surface area (Å²) in [5.74, 6) is -0.0820. The Bertz CT molecular complexity index is 389. The van der Waals surface area contributed by atoms with Crippen LogP contribution in [0.3, 0.4) is 0 Å². The Kier molecular flexibility index (Phi) is 4.98. The summed E-state index contributed by atoms with van der Waals surface area (Å²) in [5, 5.41) is 8.88. The van der Waals surface area contributed by atoms with E-state index in [0.29, 0.717) is 24.5 Å². The molecule has 1 aromatic rings. The molecule has 0 aliphatic carbocycles. The van der Waals surface area contributed by atoms with Crippen LogP contribution in [0.25, 0.3) is 0 Å². The van der Waals surface area contributed by atoms with E-state index in [4.69, 9.17) is 9.84 Å². The molecule has 0 saturated heterocycles. The quantitative estimate of drug-likeness (QED) is 0.768. The van der Waals surface area contributed by atoms with Crippen LogP contribution in [0.4, 0.5) is 0 Å². The van der Waals surface area contributed by atoms with E-state index >= 15 is 0 Å². The highest BCUT2D eigenvalue weighted by molar-refractivity contribution is 7.84. The maximum atomic E-state index is 10.8. The van der Waals surface area contributed by atoms with Gasteiger partial charge in [-0.2, -0.15) is 0 Å². The zero-order valence-electron chi connectivity index (χ0n) is 9.01. The van der Waals surface area contributed by atoms with Crippen molar-refractivity contribution >= 4 is 16.8 Å². The molecule has 0 spiro atoms. The van der Waals surface area contributed by atoms with Crippen LogP contribution in [0, 0.1) is 0 Å². The molecule has 0 amide bonds. The van der Waals surface area contributed by atoms with Crippen molar-refractivity contribution in [2.24, 2.45) is 0 Å². The third kappa shape index (κ3) is 4.02. The number of hydrogen-bond donors (Lipinski definition) is 1. The Hall–Kier alpha value is -1.36. The van der Waals surface area contributed by atoms with E-state index in [1.807, 2.05) is 0 Å². The van der Waals surface area contributed by atoms with Crippen LogP contribution in [0.15, 0.2) is 24.3 Å². The molecule has 0 aliphatic heterocycles. The summed E-state index contributed by atoms with van der Waals surface area (Å²) in [5.41, 5.74) is 0.153. The Morgan fingerprint density at radius 1 is 1.44 bits per heavy atom. The van der Waals surface area contributed by atoms with Gasteiger partial charge in [0.25, 0.3) is 0 Å². The first kappa shape index (κ1) is 12.7. The van der Waals surface area contributed by atoms with Crippen LogP contribution in [0.2, 0.25) is 0 Å². The monoisotopic (exact) mass is 242 g/mol. The Balaban J connectivity index is 2.53. The van der Waals surface area contributed by atoms with Gasteiger partial charge in [-0.1, -0.05) is 12.1 Å². The van der Waals surface area contributed by atoms with Gasteiger partial charge in [-0.05, 0) is 18.6 Å². The lowest BCUT2D eigenvalue weighted by molar-refractivity contribution is 0.0692. The topological polar surface area (TPSA) is 63.6 Å². The summed E-state index contributed by atoms with van der Waals surface area (Å²) in [4.78, 5) is 10.8. The lowest BCUT2D eigenvalue weighted by atomic mass is 10.2. The number of carbonyl (C=O) groups is 1. The zero-order chi connectivity index (χ0) is 12.0. The summed E-state index contributed by atoms with van der Waals surface area (Å²) < 4.78 is 16.1. The van der Waals surface area contributed by atoms with Crippen molar-refractivity contribution in [1.82, 2.24) is 0 Å². The van der Waals surface area contributed by atoms with Crippen LogP contribution in [0.1, 0.15) is 16.8 Å². The van der Waals surface area contributed by atoms with Crippen molar-refractivity contribution in [2.45, 2.75) is 6.42 Å². The van der Waals surface area contributed by atoms with E-state index in [1.165, 1.54) is 6.07 Å².